The van der Waals surface area contributed by atoms with Gasteiger partial charge in [0.05, 0.1) is 0 Å². The molecule has 0 heterocycles. The molecular weight excluding hydrogens is 450 g/mol. The molecule has 0 aliphatic heterocycles. The summed E-state index contributed by atoms with van der Waals surface area (Å²) in [6.45, 7) is 2.21. The summed E-state index contributed by atoms with van der Waals surface area (Å²) in [5.74, 6) is 0.258. The van der Waals surface area contributed by atoms with Crippen LogP contribution in [0, 0.1) is 6.92 Å². The Morgan fingerprint density at radius 3 is 1.51 bits per heavy atom. The lowest BCUT2D eigenvalue weighted by Crippen LogP contribution is -2.09. The first-order valence-electron chi connectivity index (χ1n) is 12.5. The van der Waals surface area contributed by atoms with Crippen molar-refractivity contribution in [3.05, 3.63) is 144 Å². The van der Waals surface area contributed by atoms with Crippen molar-refractivity contribution in [2.75, 3.05) is 4.90 Å². The first-order valence-corrected chi connectivity index (χ1v) is 12.5. The second-order valence-corrected chi connectivity index (χ2v) is 9.24. The maximum Gasteiger partial charge on any atom is 0.115 e. The lowest BCUT2D eigenvalue weighted by atomic mass is 9.92. The summed E-state index contributed by atoms with van der Waals surface area (Å²) in [5.41, 5.74) is 6.81. The lowest BCUT2D eigenvalue weighted by molar-refractivity contribution is 0.475. The van der Waals surface area contributed by atoms with Crippen LogP contribution in [0.2, 0.25) is 0 Å². The van der Waals surface area contributed by atoms with E-state index < -0.39 is 0 Å². The number of anilines is 3. The van der Waals surface area contributed by atoms with Crippen LogP contribution in [-0.4, -0.2) is 5.11 Å². The van der Waals surface area contributed by atoms with E-state index in [2.05, 4.69) is 109 Å². The molecule has 0 aromatic heterocycles. The van der Waals surface area contributed by atoms with E-state index in [0.29, 0.717) is 0 Å². The van der Waals surface area contributed by atoms with Gasteiger partial charge in [-0.1, -0.05) is 91.0 Å². The quantitative estimate of drug-likeness (QED) is 0.197. The smallest absolute Gasteiger partial charge is 0.115 e. The van der Waals surface area contributed by atoms with Gasteiger partial charge in [-0.25, -0.2) is 0 Å². The molecule has 0 amide bonds. The third kappa shape index (κ3) is 4.34. The van der Waals surface area contributed by atoms with Gasteiger partial charge in [-0.05, 0) is 93.7 Å². The zero-order valence-corrected chi connectivity index (χ0v) is 20.7. The Labute approximate surface area is 217 Å². The van der Waals surface area contributed by atoms with Crippen LogP contribution in [0.3, 0.4) is 0 Å². The van der Waals surface area contributed by atoms with Gasteiger partial charge in [-0.3, -0.25) is 0 Å². The van der Waals surface area contributed by atoms with Crippen molar-refractivity contribution in [3.63, 3.8) is 0 Å². The molecule has 0 unspecified atom stereocenters. The van der Waals surface area contributed by atoms with E-state index in [1.807, 2.05) is 30.3 Å². The zero-order valence-electron chi connectivity index (χ0n) is 20.7. The van der Waals surface area contributed by atoms with Crippen molar-refractivity contribution in [2.45, 2.75) is 6.92 Å². The second-order valence-electron chi connectivity index (χ2n) is 9.24. The number of aryl methyl sites for hydroxylation is 1. The Morgan fingerprint density at radius 2 is 0.946 bits per heavy atom. The summed E-state index contributed by atoms with van der Waals surface area (Å²) < 4.78 is 0. The highest BCUT2D eigenvalue weighted by Crippen LogP contribution is 2.36. The molecule has 1 N–H and O–H groups in total. The number of hydrogen-bond acceptors (Lipinski definition) is 2. The minimum absolute atomic E-state index is 0.258. The summed E-state index contributed by atoms with van der Waals surface area (Å²) in [7, 11) is 0. The number of aromatic hydroxyl groups is 1. The van der Waals surface area contributed by atoms with E-state index in [-0.39, 0.29) is 5.75 Å². The first kappa shape index (κ1) is 22.6. The Balaban J connectivity index is 1.39. The average molecular weight is 478 g/mol. The lowest BCUT2D eigenvalue weighted by Gasteiger charge is -2.25. The van der Waals surface area contributed by atoms with E-state index in [1.165, 1.54) is 32.7 Å². The van der Waals surface area contributed by atoms with Crippen molar-refractivity contribution in [1.29, 1.82) is 0 Å². The van der Waals surface area contributed by atoms with Crippen LogP contribution in [0.1, 0.15) is 16.7 Å². The maximum atomic E-state index is 9.79. The molecule has 0 radical (unpaired) electrons. The second kappa shape index (κ2) is 9.67. The number of phenols is 1. The summed E-state index contributed by atoms with van der Waals surface area (Å²) in [5, 5.41) is 14.9. The molecule has 0 aliphatic carbocycles. The van der Waals surface area contributed by atoms with Crippen LogP contribution in [0.4, 0.5) is 17.1 Å². The molecule has 0 saturated heterocycles. The van der Waals surface area contributed by atoms with Gasteiger partial charge in [-0.2, -0.15) is 0 Å². The van der Waals surface area contributed by atoms with Crippen LogP contribution < -0.4 is 4.90 Å². The predicted molar refractivity (Wildman–Crippen MR) is 158 cm³/mol. The van der Waals surface area contributed by atoms with Gasteiger partial charge in [0, 0.05) is 17.1 Å². The van der Waals surface area contributed by atoms with E-state index in [0.717, 1.165) is 22.6 Å². The monoisotopic (exact) mass is 477 g/mol. The van der Waals surface area contributed by atoms with Crippen LogP contribution in [0.15, 0.2) is 127 Å². The van der Waals surface area contributed by atoms with Gasteiger partial charge in [0.1, 0.15) is 5.75 Å². The summed E-state index contributed by atoms with van der Waals surface area (Å²) >= 11 is 0. The van der Waals surface area contributed by atoms with Gasteiger partial charge < -0.3 is 10.0 Å². The van der Waals surface area contributed by atoms with E-state index in [1.54, 1.807) is 12.1 Å². The largest absolute Gasteiger partial charge is 0.508 e. The highest BCUT2D eigenvalue weighted by Gasteiger charge is 2.12. The average Bonchev–Trinajstić information content (AvgIpc) is 2.96. The summed E-state index contributed by atoms with van der Waals surface area (Å²) in [6.07, 6.45) is 4.44. The minimum Gasteiger partial charge on any atom is -0.508 e. The molecule has 0 atom stereocenters. The summed E-state index contributed by atoms with van der Waals surface area (Å²) in [4.78, 5) is 2.19. The van der Waals surface area contributed by atoms with E-state index in [9.17, 15) is 5.11 Å². The molecule has 6 rings (SSSR count). The molecule has 6 aromatic rings. The Hall–Kier alpha value is -4.82. The Bertz CT molecular complexity index is 1660. The molecular formula is C35H27NO. The highest BCUT2D eigenvalue weighted by molar-refractivity contribution is 6.10. The standard InChI is InChI=1S/C35H27NO/c1-25-31-11-5-7-13-33(31)35(34-14-8-6-12-32(25)34)24-17-26-15-18-28(19-16-26)36(27-9-3-2-4-10-27)29-20-22-30(37)23-21-29/h2-24,37H,1H3/b24-17+. The van der Waals surface area contributed by atoms with Gasteiger partial charge in [-0.15, -0.1) is 0 Å². The maximum absolute atomic E-state index is 9.79. The molecule has 0 fully saturated rings. The number of nitrogens with zero attached hydrogens (tertiary/aromatic N) is 1. The number of hydrogen-bond donors (Lipinski definition) is 1. The zero-order chi connectivity index (χ0) is 25.2. The van der Waals surface area contributed by atoms with Crippen LogP contribution in [0.25, 0.3) is 33.7 Å². The molecule has 0 aliphatic rings. The SMILES string of the molecule is Cc1c2ccccc2c(/C=C/c2ccc(N(c3ccccc3)c3ccc(O)cc3)cc2)c2ccccc12. The van der Waals surface area contributed by atoms with Crippen LogP contribution in [-0.2, 0) is 0 Å². The molecule has 178 valence electrons. The van der Waals surface area contributed by atoms with Crippen molar-refractivity contribution in [3.8, 4) is 5.75 Å². The third-order valence-electron chi connectivity index (χ3n) is 6.96. The fraction of sp³-hybridized carbons (Fsp3) is 0.0286. The normalized spacial score (nSPS) is 11.4. The molecule has 6 aromatic carbocycles. The molecule has 0 saturated carbocycles. The molecule has 2 nitrogen and oxygen atoms in total. The number of fused-ring (bicyclic) bond motifs is 2. The number of benzene rings is 6. The predicted octanol–water partition coefficient (Wildman–Crippen LogP) is 9.65. The van der Waals surface area contributed by atoms with Crippen molar-refractivity contribution in [2.24, 2.45) is 0 Å². The Kier molecular flexibility index (Phi) is 5.92. The number of phenolic OH excluding ortho intramolecular Hbond substituents is 1. The van der Waals surface area contributed by atoms with E-state index >= 15 is 0 Å². The van der Waals surface area contributed by atoms with Crippen molar-refractivity contribution in [1.82, 2.24) is 0 Å². The topological polar surface area (TPSA) is 23.5 Å². The van der Waals surface area contributed by atoms with Gasteiger partial charge in [0.2, 0.25) is 0 Å². The van der Waals surface area contributed by atoms with Crippen molar-refractivity contribution < 1.29 is 5.11 Å². The first-order chi connectivity index (χ1) is 18.2. The fourth-order valence-corrected chi connectivity index (χ4v) is 5.10. The van der Waals surface area contributed by atoms with Crippen molar-refractivity contribution >= 4 is 50.8 Å². The summed E-state index contributed by atoms with van der Waals surface area (Å²) in [6, 6.07) is 43.5. The number of rotatable bonds is 5. The third-order valence-corrected chi connectivity index (χ3v) is 6.96. The van der Waals surface area contributed by atoms with Gasteiger partial charge >= 0.3 is 0 Å². The molecule has 2 heteroatoms. The highest BCUT2D eigenvalue weighted by atomic mass is 16.3. The fourth-order valence-electron chi connectivity index (χ4n) is 5.10. The Morgan fingerprint density at radius 1 is 0.486 bits per heavy atom. The van der Waals surface area contributed by atoms with E-state index in [4.69, 9.17) is 0 Å². The number of para-hydroxylation sites is 1. The molecule has 0 bridgehead atoms. The minimum atomic E-state index is 0.258. The molecule has 37 heavy (non-hydrogen) atoms. The molecule has 0 spiro atoms. The van der Waals surface area contributed by atoms with Gasteiger partial charge in [0.15, 0.2) is 0 Å². The van der Waals surface area contributed by atoms with Gasteiger partial charge in [0.25, 0.3) is 0 Å². The van der Waals surface area contributed by atoms with Crippen LogP contribution in [0.5, 0.6) is 5.75 Å². The van der Waals surface area contributed by atoms with Crippen LogP contribution >= 0.6 is 0 Å².